The molecule has 0 saturated carbocycles. The summed E-state index contributed by atoms with van der Waals surface area (Å²) in [5.74, 6) is 0.689. The zero-order valence-corrected chi connectivity index (χ0v) is 9.07. The molecule has 0 radical (unpaired) electrons. The molecule has 0 bridgehead atoms. The summed E-state index contributed by atoms with van der Waals surface area (Å²) in [6.45, 7) is 0. The molecule has 0 unspecified atom stereocenters. The number of hydrogen-bond acceptors (Lipinski definition) is 3. The maximum absolute atomic E-state index is 6.06. The first-order valence-electron chi connectivity index (χ1n) is 4.89. The molecular formula is C12H8ClN3. The van der Waals surface area contributed by atoms with Gasteiger partial charge in [0.05, 0.1) is 5.02 Å². The minimum absolute atomic E-state index is 0.599. The van der Waals surface area contributed by atoms with Crippen LogP contribution in [-0.2, 0) is 0 Å². The molecule has 3 rings (SSSR count). The van der Waals surface area contributed by atoms with Crippen LogP contribution < -0.4 is 5.32 Å². The molecule has 0 spiro atoms. The average molecular weight is 230 g/mol. The standard InChI is InChI=1S/C12H8ClN3/c13-9-5-6-14-12-11(9)15-7-8-3-1-2-4-10(8)16-12/h1-7H,(H,14,16). The Morgan fingerprint density at radius 1 is 1.12 bits per heavy atom. The van der Waals surface area contributed by atoms with Crippen molar-refractivity contribution in [3.8, 4) is 0 Å². The number of fused-ring (bicyclic) bond motifs is 2. The Bertz CT molecular complexity index is 578. The van der Waals surface area contributed by atoms with Crippen LogP contribution >= 0.6 is 11.6 Å². The number of para-hydroxylation sites is 1. The monoisotopic (exact) mass is 229 g/mol. The average Bonchev–Trinajstić information content (AvgIpc) is 2.48. The van der Waals surface area contributed by atoms with Gasteiger partial charge in [-0.2, -0.15) is 0 Å². The third kappa shape index (κ3) is 1.46. The molecule has 78 valence electrons. The number of aromatic nitrogens is 1. The first-order valence-corrected chi connectivity index (χ1v) is 5.27. The van der Waals surface area contributed by atoms with E-state index >= 15 is 0 Å². The Kier molecular flexibility index (Phi) is 2.11. The third-order valence-electron chi connectivity index (χ3n) is 2.42. The molecule has 0 aliphatic carbocycles. The van der Waals surface area contributed by atoms with Crippen molar-refractivity contribution in [2.75, 3.05) is 5.32 Å². The second-order valence-corrected chi connectivity index (χ2v) is 3.87. The Labute approximate surface area is 97.8 Å². The van der Waals surface area contributed by atoms with Gasteiger partial charge in [0.2, 0.25) is 0 Å². The van der Waals surface area contributed by atoms with Crippen LogP contribution in [0.5, 0.6) is 0 Å². The van der Waals surface area contributed by atoms with Gasteiger partial charge < -0.3 is 5.32 Å². The van der Waals surface area contributed by atoms with Crippen LogP contribution in [-0.4, -0.2) is 11.2 Å². The zero-order valence-electron chi connectivity index (χ0n) is 8.31. The summed E-state index contributed by atoms with van der Waals surface area (Å²) in [5, 5.41) is 3.82. The number of nitrogens with zero attached hydrogens (tertiary/aromatic N) is 2. The highest BCUT2D eigenvalue weighted by atomic mass is 35.5. The van der Waals surface area contributed by atoms with Crippen LogP contribution in [0.2, 0.25) is 5.02 Å². The SMILES string of the molecule is Clc1ccnc2c1N=Cc1ccccc1N2. The lowest BCUT2D eigenvalue weighted by Gasteiger charge is -2.07. The van der Waals surface area contributed by atoms with Gasteiger partial charge in [0, 0.05) is 23.7 Å². The summed E-state index contributed by atoms with van der Waals surface area (Å²) in [6.07, 6.45) is 3.46. The van der Waals surface area contributed by atoms with Crippen LogP contribution in [0.25, 0.3) is 0 Å². The molecule has 1 N–H and O–H groups in total. The fourth-order valence-electron chi connectivity index (χ4n) is 1.63. The van der Waals surface area contributed by atoms with Crippen molar-refractivity contribution in [1.29, 1.82) is 0 Å². The number of halogens is 1. The fourth-order valence-corrected chi connectivity index (χ4v) is 1.82. The second-order valence-electron chi connectivity index (χ2n) is 3.46. The van der Waals surface area contributed by atoms with Gasteiger partial charge in [0.25, 0.3) is 0 Å². The Morgan fingerprint density at radius 2 is 2.00 bits per heavy atom. The van der Waals surface area contributed by atoms with E-state index in [9.17, 15) is 0 Å². The van der Waals surface area contributed by atoms with Crippen molar-refractivity contribution in [3.63, 3.8) is 0 Å². The summed E-state index contributed by atoms with van der Waals surface area (Å²) in [6, 6.07) is 9.65. The molecule has 2 heterocycles. The molecule has 16 heavy (non-hydrogen) atoms. The first-order chi connectivity index (χ1) is 7.84. The predicted molar refractivity (Wildman–Crippen MR) is 66.2 cm³/mol. The lowest BCUT2D eigenvalue weighted by atomic mass is 10.2. The molecule has 2 aromatic rings. The molecule has 0 atom stereocenters. The number of anilines is 2. The van der Waals surface area contributed by atoms with E-state index < -0.39 is 0 Å². The van der Waals surface area contributed by atoms with Crippen molar-refractivity contribution < 1.29 is 0 Å². The van der Waals surface area contributed by atoms with Crippen LogP contribution in [0, 0.1) is 0 Å². The van der Waals surface area contributed by atoms with Crippen LogP contribution in [0.1, 0.15) is 5.56 Å². The number of benzene rings is 1. The Morgan fingerprint density at radius 3 is 2.94 bits per heavy atom. The van der Waals surface area contributed by atoms with Gasteiger partial charge >= 0.3 is 0 Å². The van der Waals surface area contributed by atoms with Crippen molar-refractivity contribution in [3.05, 3.63) is 47.1 Å². The Hall–Kier alpha value is -1.87. The molecule has 0 fully saturated rings. The van der Waals surface area contributed by atoms with Gasteiger partial charge in [0.1, 0.15) is 5.69 Å². The van der Waals surface area contributed by atoms with Gasteiger partial charge in [-0.15, -0.1) is 0 Å². The summed E-state index contributed by atoms with van der Waals surface area (Å²) in [4.78, 5) is 8.58. The van der Waals surface area contributed by atoms with Gasteiger partial charge in [-0.05, 0) is 12.1 Å². The number of pyridine rings is 1. The molecule has 0 amide bonds. The van der Waals surface area contributed by atoms with Gasteiger partial charge in [-0.1, -0.05) is 29.8 Å². The number of nitrogens with one attached hydrogen (secondary N) is 1. The maximum atomic E-state index is 6.06. The smallest absolute Gasteiger partial charge is 0.157 e. The number of aliphatic imine (C=N–C) groups is 1. The van der Waals surface area contributed by atoms with E-state index in [0.717, 1.165) is 11.3 Å². The topological polar surface area (TPSA) is 37.3 Å². The molecule has 1 aromatic heterocycles. The highest BCUT2D eigenvalue weighted by Gasteiger charge is 2.12. The van der Waals surface area contributed by atoms with E-state index in [1.54, 1.807) is 18.5 Å². The first kappa shape index (κ1) is 9.36. The molecule has 0 saturated heterocycles. The second kappa shape index (κ2) is 3.61. The third-order valence-corrected chi connectivity index (χ3v) is 2.73. The van der Waals surface area contributed by atoms with Crippen LogP contribution in [0.4, 0.5) is 17.2 Å². The molecule has 1 aromatic carbocycles. The van der Waals surface area contributed by atoms with Crippen molar-refractivity contribution in [2.24, 2.45) is 4.99 Å². The lowest BCUT2D eigenvalue weighted by molar-refractivity contribution is 1.30. The molecular weight excluding hydrogens is 222 g/mol. The van der Waals surface area contributed by atoms with E-state index in [0.29, 0.717) is 16.5 Å². The highest BCUT2D eigenvalue weighted by Crippen LogP contribution is 2.35. The quantitative estimate of drug-likeness (QED) is 0.640. The summed E-state index contributed by atoms with van der Waals surface area (Å²) < 4.78 is 0. The van der Waals surface area contributed by atoms with E-state index in [1.165, 1.54) is 0 Å². The molecule has 1 aliphatic heterocycles. The summed E-state index contributed by atoms with van der Waals surface area (Å²) in [7, 11) is 0. The van der Waals surface area contributed by atoms with E-state index in [4.69, 9.17) is 11.6 Å². The van der Waals surface area contributed by atoms with Gasteiger partial charge in [-0.3, -0.25) is 4.99 Å². The van der Waals surface area contributed by atoms with Crippen LogP contribution in [0.3, 0.4) is 0 Å². The fraction of sp³-hybridized carbons (Fsp3) is 0. The largest absolute Gasteiger partial charge is 0.338 e. The number of hydrogen-bond donors (Lipinski definition) is 1. The molecule has 3 nitrogen and oxygen atoms in total. The van der Waals surface area contributed by atoms with Gasteiger partial charge in [-0.25, -0.2) is 4.98 Å². The van der Waals surface area contributed by atoms with Gasteiger partial charge in [0.15, 0.2) is 5.82 Å². The maximum Gasteiger partial charge on any atom is 0.157 e. The van der Waals surface area contributed by atoms with E-state index in [2.05, 4.69) is 15.3 Å². The van der Waals surface area contributed by atoms with Crippen LogP contribution in [0.15, 0.2) is 41.5 Å². The summed E-state index contributed by atoms with van der Waals surface area (Å²) in [5.41, 5.74) is 2.69. The van der Waals surface area contributed by atoms with Crippen molar-refractivity contribution >= 4 is 35.0 Å². The lowest BCUT2D eigenvalue weighted by Crippen LogP contribution is -1.94. The van der Waals surface area contributed by atoms with Crippen molar-refractivity contribution in [1.82, 2.24) is 4.98 Å². The zero-order chi connectivity index (χ0) is 11.0. The van der Waals surface area contributed by atoms with E-state index in [1.807, 2.05) is 24.3 Å². The normalized spacial score (nSPS) is 12.3. The Balaban J connectivity index is 2.21. The number of rotatable bonds is 0. The highest BCUT2D eigenvalue weighted by molar-refractivity contribution is 6.33. The van der Waals surface area contributed by atoms with Crippen molar-refractivity contribution in [2.45, 2.75) is 0 Å². The minimum atomic E-state index is 0.599. The molecule has 4 heteroatoms. The summed E-state index contributed by atoms with van der Waals surface area (Å²) >= 11 is 6.06. The van der Waals surface area contributed by atoms with E-state index in [-0.39, 0.29) is 0 Å². The molecule has 1 aliphatic rings. The predicted octanol–water partition coefficient (Wildman–Crippen LogP) is 3.54. The minimum Gasteiger partial charge on any atom is -0.338 e.